The summed E-state index contributed by atoms with van der Waals surface area (Å²) in [5, 5.41) is 21.5. The molecule has 1 aliphatic rings. The summed E-state index contributed by atoms with van der Waals surface area (Å²) in [7, 11) is 1.57. The van der Waals surface area contributed by atoms with Crippen LogP contribution in [0.4, 0.5) is 0 Å². The Morgan fingerprint density at radius 1 is 1.30 bits per heavy atom. The number of nitrogens with one attached hydrogen (secondary N) is 2. The number of phenolic OH excluding ortho intramolecular Hbond substituents is 1. The van der Waals surface area contributed by atoms with Gasteiger partial charge in [-0.3, -0.25) is 9.89 Å². The first-order valence-electron chi connectivity index (χ1n) is 10.3. The zero-order valence-electron chi connectivity index (χ0n) is 17.8. The minimum absolute atomic E-state index is 0. The number of aromatic hydroxyl groups is 1. The van der Waals surface area contributed by atoms with Crippen LogP contribution >= 0.6 is 35.3 Å². The molecule has 0 radical (unpaired) electrons. The van der Waals surface area contributed by atoms with E-state index in [-0.39, 0.29) is 29.7 Å². The highest BCUT2D eigenvalue weighted by Gasteiger charge is 2.20. The van der Waals surface area contributed by atoms with Crippen molar-refractivity contribution in [2.75, 3.05) is 33.3 Å². The third kappa shape index (κ3) is 7.31. The molecule has 2 heterocycles. The second kappa shape index (κ2) is 13.0. The van der Waals surface area contributed by atoms with Crippen molar-refractivity contribution >= 4 is 41.3 Å². The van der Waals surface area contributed by atoms with Gasteiger partial charge in [-0.05, 0) is 60.2 Å². The fourth-order valence-electron chi connectivity index (χ4n) is 3.61. The summed E-state index contributed by atoms with van der Waals surface area (Å²) >= 11 is 1.77. The Kier molecular flexibility index (Phi) is 10.7. The number of nitrogens with zero attached hydrogens (tertiary/aromatic N) is 2. The zero-order chi connectivity index (χ0) is 20.5. The van der Waals surface area contributed by atoms with Crippen LogP contribution in [-0.4, -0.2) is 55.3 Å². The second-order valence-corrected chi connectivity index (χ2v) is 8.09. The molecule has 0 saturated carbocycles. The van der Waals surface area contributed by atoms with Crippen LogP contribution < -0.4 is 15.4 Å². The average Bonchev–Trinajstić information content (AvgIpc) is 3.24. The Labute approximate surface area is 200 Å². The molecule has 0 aliphatic carbocycles. The number of para-hydroxylation sites is 1. The number of halogens is 1. The van der Waals surface area contributed by atoms with Crippen LogP contribution in [0, 0.1) is 0 Å². The lowest BCUT2D eigenvalue weighted by Gasteiger charge is -2.33. The van der Waals surface area contributed by atoms with Crippen LogP contribution in [0.5, 0.6) is 11.5 Å². The van der Waals surface area contributed by atoms with Gasteiger partial charge in [0.15, 0.2) is 17.5 Å². The number of hydrogen-bond acceptors (Lipinski definition) is 5. The Morgan fingerprint density at radius 3 is 2.77 bits per heavy atom. The van der Waals surface area contributed by atoms with Crippen LogP contribution in [0.15, 0.2) is 40.0 Å². The van der Waals surface area contributed by atoms with E-state index in [9.17, 15) is 5.11 Å². The summed E-state index contributed by atoms with van der Waals surface area (Å²) in [5.41, 5.74) is 2.27. The highest BCUT2D eigenvalue weighted by atomic mass is 127. The van der Waals surface area contributed by atoms with Crippen molar-refractivity contribution in [2.24, 2.45) is 4.99 Å². The van der Waals surface area contributed by atoms with Crippen molar-refractivity contribution in [1.29, 1.82) is 0 Å². The van der Waals surface area contributed by atoms with E-state index in [0.29, 0.717) is 24.8 Å². The topological polar surface area (TPSA) is 69.1 Å². The Hall–Kier alpha value is -1.52. The monoisotopic (exact) mass is 544 g/mol. The molecule has 1 fully saturated rings. The number of likely N-dealkylation sites (tertiary alicyclic amines) is 1. The van der Waals surface area contributed by atoms with Gasteiger partial charge < -0.3 is 20.5 Å². The quantitative estimate of drug-likeness (QED) is 0.268. The maximum absolute atomic E-state index is 10.2. The molecular weight excluding hydrogens is 511 g/mol. The van der Waals surface area contributed by atoms with Crippen molar-refractivity contribution in [2.45, 2.75) is 38.8 Å². The smallest absolute Gasteiger partial charge is 0.191 e. The van der Waals surface area contributed by atoms with E-state index >= 15 is 0 Å². The first kappa shape index (κ1) is 24.7. The number of aliphatic imine (C=N–C) groups is 1. The summed E-state index contributed by atoms with van der Waals surface area (Å²) in [5.74, 6) is 1.57. The summed E-state index contributed by atoms with van der Waals surface area (Å²) in [6.45, 7) is 6.76. The number of hydrogen-bond donors (Lipinski definition) is 3. The van der Waals surface area contributed by atoms with Gasteiger partial charge >= 0.3 is 0 Å². The number of ether oxygens (including phenoxy) is 1. The number of thiophene rings is 1. The van der Waals surface area contributed by atoms with Gasteiger partial charge in [0.25, 0.3) is 0 Å². The molecule has 166 valence electrons. The summed E-state index contributed by atoms with van der Waals surface area (Å²) in [6.07, 6.45) is 2.90. The first-order chi connectivity index (χ1) is 14.2. The van der Waals surface area contributed by atoms with Crippen molar-refractivity contribution < 1.29 is 9.84 Å². The molecule has 1 saturated heterocycles. The van der Waals surface area contributed by atoms with Gasteiger partial charge in [-0.25, -0.2) is 0 Å². The van der Waals surface area contributed by atoms with E-state index in [1.807, 2.05) is 12.1 Å². The molecular formula is C22H33IN4O2S. The fourth-order valence-corrected chi connectivity index (χ4v) is 4.27. The van der Waals surface area contributed by atoms with E-state index in [1.165, 1.54) is 5.56 Å². The average molecular weight is 545 g/mol. The van der Waals surface area contributed by atoms with Gasteiger partial charge in [0.05, 0.1) is 7.11 Å². The highest BCUT2D eigenvalue weighted by Crippen LogP contribution is 2.29. The van der Waals surface area contributed by atoms with Gasteiger partial charge in [-0.15, -0.1) is 24.0 Å². The molecule has 0 bridgehead atoms. The number of benzene rings is 1. The molecule has 3 rings (SSSR count). The molecule has 1 aromatic heterocycles. The Bertz CT molecular complexity index is 777. The first-order valence-corrected chi connectivity index (χ1v) is 11.3. The van der Waals surface area contributed by atoms with E-state index in [2.05, 4.69) is 39.3 Å². The van der Waals surface area contributed by atoms with Crippen molar-refractivity contribution in [1.82, 2.24) is 15.5 Å². The van der Waals surface area contributed by atoms with Crippen molar-refractivity contribution in [3.63, 3.8) is 0 Å². The predicted octanol–water partition coefficient (Wildman–Crippen LogP) is 3.84. The number of guanidine groups is 1. The van der Waals surface area contributed by atoms with Gasteiger partial charge in [0.2, 0.25) is 0 Å². The van der Waals surface area contributed by atoms with Crippen molar-refractivity contribution in [3.8, 4) is 11.5 Å². The third-order valence-corrected chi connectivity index (χ3v) is 5.94. The van der Waals surface area contributed by atoms with E-state index in [4.69, 9.17) is 9.73 Å². The summed E-state index contributed by atoms with van der Waals surface area (Å²) < 4.78 is 5.18. The Morgan fingerprint density at radius 2 is 2.10 bits per heavy atom. The normalized spacial score (nSPS) is 15.5. The van der Waals surface area contributed by atoms with Gasteiger partial charge in [-0.1, -0.05) is 12.1 Å². The fraction of sp³-hybridized carbons (Fsp3) is 0.500. The molecule has 8 heteroatoms. The van der Waals surface area contributed by atoms with Crippen LogP contribution in [0.2, 0.25) is 0 Å². The number of methoxy groups -OCH3 is 1. The van der Waals surface area contributed by atoms with Gasteiger partial charge in [-0.2, -0.15) is 11.3 Å². The minimum Gasteiger partial charge on any atom is -0.504 e. The number of phenols is 1. The SMILES string of the molecule is CCNC(=NCCc1cccc(OC)c1O)NC1CCN(Cc2ccsc2)CC1.I. The van der Waals surface area contributed by atoms with Gasteiger partial charge in [0.1, 0.15) is 0 Å². The number of piperidine rings is 1. The van der Waals surface area contributed by atoms with Crippen LogP contribution in [0.25, 0.3) is 0 Å². The highest BCUT2D eigenvalue weighted by molar-refractivity contribution is 14.0. The summed E-state index contributed by atoms with van der Waals surface area (Å²) in [6, 6.07) is 8.22. The Balaban J connectivity index is 0.00000320. The zero-order valence-corrected chi connectivity index (χ0v) is 20.9. The molecule has 6 nitrogen and oxygen atoms in total. The van der Waals surface area contributed by atoms with Crippen molar-refractivity contribution in [3.05, 3.63) is 46.2 Å². The van der Waals surface area contributed by atoms with Crippen LogP contribution in [0.3, 0.4) is 0 Å². The van der Waals surface area contributed by atoms with E-state index in [1.54, 1.807) is 24.5 Å². The molecule has 0 spiro atoms. The molecule has 2 aromatic rings. The maximum atomic E-state index is 10.2. The molecule has 0 amide bonds. The number of rotatable bonds is 8. The second-order valence-electron chi connectivity index (χ2n) is 7.31. The van der Waals surface area contributed by atoms with E-state index < -0.39 is 0 Å². The van der Waals surface area contributed by atoms with Crippen LogP contribution in [-0.2, 0) is 13.0 Å². The lowest BCUT2D eigenvalue weighted by Crippen LogP contribution is -2.48. The lowest BCUT2D eigenvalue weighted by molar-refractivity contribution is 0.198. The molecule has 0 unspecified atom stereocenters. The largest absolute Gasteiger partial charge is 0.504 e. The van der Waals surface area contributed by atoms with Crippen LogP contribution in [0.1, 0.15) is 30.9 Å². The molecule has 1 aromatic carbocycles. The molecule has 1 aliphatic heterocycles. The molecule has 30 heavy (non-hydrogen) atoms. The minimum atomic E-state index is 0. The maximum Gasteiger partial charge on any atom is 0.191 e. The predicted molar refractivity (Wildman–Crippen MR) is 136 cm³/mol. The summed E-state index contributed by atoms with van der Waals surface area (Å²) in [4.78, 5) is 7.23. The molecule has 0 atom stereocenters. The van der Waals surface area contributed by atoms with E-state index in [0.717, 1.165) is 50.5 Å². The standard InChI is InChI=1S/C22H32N4O2S.HI/c1-3-23-22(24-11-7-18-5-4-6-20(28-2)21(18)27)25-19-8-12-26(13-9-19)15-17-10-14-29-16-17;/h4-6,10,14,16,19,27H,3,7-9,11-13,15H2,1-2H3,(H2,23,24,25);1H. The lowest BCUT2D eigenvalue weighted by atomic mass is 10.0. The van der Waals surface area contributed by atoms with Gasteiger partial charge in [0, 0.05) is 38.8 Å². The molecule has 3 N–H and O–H groups in total. The third-order valence-electron chi connectivity index (χ3n) is 5.21.